The topological polar surface area (TPSA) is 43.6 Å². The van der Waals surface area contributed by atoms with Gasteiger partial charge in [-0.1, -0.05) is 28.1 Å². The molecule has 0 bridgehead atoms. The van der Waals surface area contributed by atoms with Gasteiger partial charge in [-0.2, -0.15) is 0 Å². The summed E-state index contributed by atoms with van der Waals surface area (Å²) in [5.74, 6) is 0.935. The van der Waals surface area contributed by atoms with Gasteiger partial charge in [0.1, 0.15) is 12.2 Å². The van der Waals surface area contributed by atoms with Crippen LogP contribution in [0.2, 0.25) is 0 Å². The SMILES string of the molecule is Brc1ccc2c(c1)C(c1ccccn1)=CCc1nncn1-2. The zero-order chi connectivity index (χ0) is 14.2. The van der Waals surface area contributed by atoms with E-state index in [1.165, 1.54) is 0 Å². The maximum Gasteiger partial charge on any atom is 0.141 e. The van der Waals surface area contributed by atoms with Crippen molar-refractivity contribution >= 4 is 21.5 Å². The molecular weight excluding hydrogens is 328 g/mol. The summed E-state index contributed by atoms with van der Waals surface area (Å²) in [6.07, 6.45) is 6.48. The van der Waals surface area contributed by atoms with Gasteiger partial charge in [-0.05, 0) is 30.3 Å². The van der Waals surface area contributed by atoms with Crippen molar-refractivity contribution < 1.29 is 0 Å². The molecule has 2 aromatic heterocycles. The average Bonchev–Trinajstić information content (AvgIpc) is 2.92. The third kappa shape index (κ3) is 2.10. The third-order valence-electron chi connectivity index (χ3n) is 3.56. The monoisotopic (exact) mass is 338 g/mol. The number of nitrogens with zero attached hydrogens (tertiary/aromatic N) is 4. The fraction of sp³-hybridized carbons (Fsp3) is 0.0625. The molecule has 21 heavy (non-hydrogen) atoms. The molecule has 0 unspecified atom stereocenters. The number of allylic oxidation sites excluding steroid dienone is 1. The lowest BCUT2D eigenvalue weighted by molar-refractivity contribution is 0.927. The van der Waals surface area contributed by atoms with E-state index in [1.54, 1.807) is 6.33 Å². The Balaban J connectivity index is 2.00. The Morgan fingerprint density at radius 1 is 1.14 bits per heavy atom. The Morgan fingerprint density at radius 2 is 2.10 bits per heavy atom. The zero-order valence-corrected chi connectivity index (χ0v) is 12.7. The standard InChI is InChI=1S/C16H11BrN4/c17-11-4-6-15-13(9-11)12(14-3-1-2-8-18-14)5-7-16-20-19-10-21(15)16/h1-6,8-10H,7H2. The van der Waals surface area contributed by atoms with Gasteiger partial charge in [-0.15, -0.1) is 10.2 Å². The second-order valence-corrected chi connectivity index (χ2v) is 5.73. The first-order valence-corrected chi connectivity index (χ1v) is 7.43. The van der Waals surface area contributed by atoms with Gasteiger partial charge in [0.05, 0.1) is 11.4 Å². The van der Waals surface area contributed by atoms with Crippen LogP contribution in [0.4, 0.5) is 0 Å². The van der Waals surface area contributed by atoms with Crippen molar-refractivity contribution in [1.82, 2.24) is 19.7 Å². The maximum atomic E-state index is 4.49. The van der Waals surface area contributed by atoms with E-state index >= 15 is 0 Å². The first kappa shape index (κ1) is 12.5. The second-order valence-electron chi connectivity index (χ2n) is 4.82. The summed E-state index contributed by atoms with van der Waals surface area (Å²) in [4.78, 5) is 4.49. The number of pyridine rings is 1. The molecular formula is C16H11BrN4. The summed E-state index contributed by atoms with van der Waals surface area (Å²) in [6, 6.07) is 12.2. The van der Waals surface area contributed by atoms with Crippen LogP contribution in [0.3, 0.4) is 0 Å². The number of fused-ring (bicyclic) bond motifs is 3. The molecule has 0 saturated carbocycles. The number of hydrogen-bond acceptors (Lipinski definition) is 3. The van der Waals surface area contributed by atoms with Crippen molar-refractivity contribution in [2.75, 3.05) is 0 Å². The van der Waals surface area contributed by atoms with E-state index in [0.717, 1.165) is 39.2 Å². The predicted molar refractivity (Wildman–Crippen MR) is 84.1 cm³/mol. The van der Waals surface area contributed by atoms with E-state index in [4.69, 9.17) is 0 Å². The third-order valence-corrected chi connectivity index (χ3v) is 4.05. The molecule has 0 spiro atoms. The lowest BCUT2D eigenvalue weighted by Crippen LogP contribution is -2.00. The first-order chi connectivity index (χ1) is 10.3. The minimum Gasteiger partial charge on any atom is -0.285 e. The van der Waals surface area contributed by atoms with Crippen LogP contribution in [-0.2, 0) is 6.42 Å². The molecule has 1 aromatic carbocycles. The fourth-order valence-electron chi connectivity index (χ4n) is 2.60. The summed E-state index contributed by atoms with van der Waals surface area (Å²) in [7, 11) is 0. The first-order valence-electron chi connectivity index (χ1n) is 6.64. The van der Waals surface area contributed by atoms with Crippen molar-refractivity contribution in [1.29, 1.82) is 0 Å². The van der Waals surface area contributed by atoms with Crippen LogP contribution in [0, 0.1) is 0 Å². The zero-order valence-electron chi connectivity index (χ0n) is 11.1. The van der Waals surface area contributed by atoms with Crippen molar-refractivity contribution in [3.8, 4) is 5.69 Å². The van der Waals surface area contributed by atoms with E-state index in [1.807, 2.05) is 35.0 Å². The van der Waals surface area contributed by atoms with Gasteiger partial charge in [0.25, 0.3) is 0 Å². The molecule has 3 aromatic rings. The van der Waals surface area contributed by atoms with Crippen LogP contribution in [0.1, 0.15) is 17.1 Å². The van der Waals surface area contributed by atoms with Gasteiger partial charge in [0.15, 0.2) is 0 Å². The fourth-order valence-corrected chi connectivity index (χ4v) is 2.96. The molecule has 0 fully saturated rings. The highest BCUT2D eigenvalue weighted by molar-refractivity contribution is 9.10. The van der Waals surface area contributed by atoms with E-state index in [2.05, 4.69) is 49.3 Å². The molecule has 4 nitrogen and oxygen atoms in total. The number of benzene rings is 1. The van der Waals surface area contributed by atoms with E-state index in [0.29, 0.717) is 0 Å². The van der Waals surface area contributed by atoms with Crippen LogP contribution >= 0.6 is 15.9 Å². The van der Waals surface area contributed by atoms with E-state index in [-0.39, 0.29) is 0 Å². The van der Waals surface area contributed by atoms with Gasteiger partial charge < -0.3 is 0 Å². The summed E-state index contributed by atoms with van der Waals surface area (Å²) >= 11 is 3.56. The Morgan fingerprint density at radius 3 is 2.95 bits per heavy atom. The molecule has 3 heterocycles. The maximum absolute atomic E-state index is 4.49. The van der Waals surface area contributed by atoms with Crippen LogP contribution < -0.4 is 0 Å². The largest absolute Gasteiger partial charge is 0.285 e. The second kappa shape index (κ2) is 4.93. The highest BCUT2D eigenvalue weighted by atomic mass is 79.9. The van der Waals surface area contributed by atoms with Gasteiger partial charge in [0.2, 0.25) is 0 Å². The summed E-state index contributed by atoms with van der Waals surface area (Å²) in [6.45, 7) is 0. The summed E-state index contributed by atoms with van der Waals surface area (Å²) in [5, 5.41) is 8.22. The molecule has 1 aliphatic rings. The number of hydrogen-bond donors (Lipinski definition) is 0. The number of halogens is 1. The molecule has 0 radical (unpaired) electrons. The summed E-state index contributed by atoms with van der Waals surface area (Å²) < 4.78 is 3.08. The lowest BCUT2D eigenvalue weighted by atomic mass is 10.00. The molecule has 5 heteroatoms. The van der Waals surface area contributed by atoms with E-state index < -0.39 is 0 Å². The Hall–Kier alpha value is -2.27. The number of aromatic nitrogens is 4. The molecule has 0 N–H and O–H groups in total. The quantitative estimate of drug-likeness (QED) is 0.682. The Labute approximate surface area is 130 Å². The highest BCUT2D eigenvalue weighted by Gasteiger charge is 2.18. The van der Waals surface area contributed by atoms with Crippen molar-refractivity contribution in [3.63, 3.8) is 0 Å². The predicted octanol–water partition coefficient (Wildman–Crippen LogP) is 3.41. The van der Waals surface area contributed by atoms with Gasteiger partial charge in [-0.3, -0.25) is 9.55 Å². The van der Waals surface area contributed by atoms with Crippen LogP contribution in [0.25, 0.3) is 11.3 Å². The average molecular weight is 339 g/mol. The lowest BCUT2D eigenvalue weighted by Gasteiger charge is -2.12. The van der Waals surface area contributed by atoms with Gasteiger partial charge in [0, 0.05) is 28.2 Å². The molecule has 0 saturated heterocycles. The minimum absolute atomic E-state index is 0.734. The van der Waals surface area contributed by atoms with Gasteiger partial charge in [-0.25, -0.2) is 0 Å². The summed E-state index contributed by atoms with van der Waals surface area (Å²) in [5.41, 5.74) is 4.29. The van der Waals surface area contributed by atoms with Crippen LogP contribution in [-0.4, -0.2) is 19.7 Å². The Bertz CT molecular complexity index is 836. The van der Waals surface area contributed by atoms with E-state index in [9.17, 15) is 0 Å². The molecule has 0 amide bonds. The molecule has 4 rings (SSSR count). The van der Waals surface area contributed by atoms with Crippen molar-refractivity contribution in [2.45, 2.75) is 6.42 Å². The molecule has 0 atom stereocenters. The minimum atomic E-state index is 0.734. The molecule has 1 aliphatic heterocycles. The smallest absolute Gasteiger partial charge is 0.141 e. The molecule has 102 valence electrons. The van der Waals surface area contributed by atoms with Gasteiger partial charge >= 0.3 is 0 Å². The van der Waals surface area contributed by atoms with Crippen LogP contribution in [0.5, 0.6) is 0 Å². The van der Waals surface area contributed by atoms with Crippen molar-refractivity contribution in [2.24, 2.45) is 0 Å². The Kier molecular flexibility index (Phi) is 2.93. The van der Waals surface area contributed by atoms with Crippen LogP contribution in [0.15, 0.2) is 59.5 Å². The number of rotatable bonds is 1. The van der Waals surface area contributed by atoms with Crippen molar-refractivity contribution in [3.05, 3.63) is 76.6 Å². The normalized spacial score (nSPS) is 13.1. The highest BCUT2D eigenvalue weighted by Crippen LogP contribution is 2.33. The molecule has 0 aliphatic carbocycles.